The minimum atomic E-state index is 0.00566. The average molecular weight is 461 g/mol. The first-order chi connectivity index (χ1) is 16.4. The number of piperazine rings is 1. The lowest BCUT2D eigenvalue weighted by atomic mass is 9.96. The second-order valence-corrected chi connectivity index (χ2v) is 9.68. The fraction of sp³-hybridized carbons (Fsp3) is 0.462. The monoisotopic (exact) mass is 460 g/mol. The molecule has 1 atom stereocenters. The minimum Gasteiger partial charge on any atom is -0.367 e. The van der Waals surface area contributed by atoms with Crippen molar-refractivity contribution < 1.29 is 9.59 Å². The lowest BCUT2D eigenvalue weighted by Gasteiger charge is -2.43. The summed E-state index contributed by atoms with van der Waals surface area (Å²) in [5.41, 5.74) is 5.31. The van der Waals surface area contributed by atoms with Crippen LogP contribution < -0.4 is 4.90 Å². The van der Waals surface area contributed by atoms with E-state index in [0.717, 1.165) is 37.2 Å². The van der Waals surface area contributed by atoms with Gasteiger partial charge in [-0.25, -0.2) is 9.97 Å². The number of aromatic nitrogens is 3. The molecule has 0 bridgehead atoms. The van der Waals surface area contributed by atoms with E-state index in [4.69, 9.17) is 0 Å². The number of carbonyl (C=O) groups is 2. The Labute approximate surface area is 200 Å². The third kappa shape index (κ3) is 4.13. The van der Waals surface area contributed by atoms with Gasteiger partial charge in [-0.3, -0.25) is 9.59 Å². The molecule has 1 saturated heterocycles. The van der Waals surface area contributed by atoms with Crippen molar-refractivity contribution in [3.63, 3.8) is 0 Å². The number of fused-ring (bicyclic) bond motifs is 2. The highest BCUT2D eigenvalue weighted by molar-refractivity contribution is 5.80. The van der Waals surface area contributed by atoms with Gasteiger partial charge in [-0.05, 0) is 42.7 Å². The van der Waals surface area contributed by atoms with Crippen molar-refractivity contribution in [2.75, 3.05) is 31.1 Å². The van der Waals surface area contributed by atoms with Gasteiger partial charge in [-0.15, -0.1) is 0 Å². The van der Waals surface area contributed by atoms with Gasteiger partial charge in [0, 0.05) is 56.6 Å². The molecule has 8 nitrogen and oxygen atoms in total. The van der Waals surface area contributed by atoms with Crippen molar-refractivity contribution in [3.05, 3.63) is 54.0 Å². The van der Waals surface area contributed by atoms with E-state index in [1.807, 2.05) is 40.3 Å². The molecule has 2 aliphatic rings. The summed E-state index contributed by atoms with van der Waals surface area (Å²) in [6.45, 7) is 9.92. The summed E-state index contributed by atoms with van der Waals surface area (Å²) in [6, 6.07) is 10.3. The quantitative estimate of drug-likeness (QED) is 0.599. The molecule has 4 heterocycles. The summed E-state index contributed by atoms with van der Waals surface area (Å²) in [6.07, 6.45) is 4.31. The van der Waals surface area contributed by atoms with Gasteiger partial charge in [-0.2, -0.15) is 0 Å². The minimum absolute atomic E-state index is 0.00566. The van der Waals surface area contributed by atoms with Crippen LogP contribution in [-0.2, 0) is 29.1 Å². The van der Waals surface area contributed by atoms with Crippen molar-refractivity contribution in [1.29, 1.82) is 0 Å². The number of benzene rings is 1. The van der Waals surface area contributed by atoms with Crippen LogP contribution in [0.2, 0.25) is 0 Å². The van der Waals surface area contributed by atoms with Crippen molar-refractivity contribution in [2.45, 2.75) is 46.3 Å². The van der Waals surface area contributed by atoms with Gasteiger partial charge in [0.15, 0.2) is 5.65 Å². The average Bonchev–Trinajstić information content (AvgIpc) is 3.25. The Bertz CT molecular complexity index is 1220. The molecule has 0 aliphatic carbocycles. The summed E-state index contributed by atoms with van der Waals surface area (Å²) in [7, 11) is 0. The first kappa shape index (κ1) is 22.4. The van der Waals surface area contributed by atoms with Crippen LogP contribution in [0.4, 0.5) is 5.69 Å². The zero-order valence-corrected chi connectivity index (χ0v) is 20.1. The van der Waals surface area contributed by atoms with E-state index in [1.165, 1.54) is 16.8 Å². The van der Waals surface area contributed by atoms with Crippen molar-refractivity contribution >= 4 is 28.7 Å². The number of hydrogen-bond acceptors (Lipinski definition) is 5. The zero-order chi connectivity index (χ0) is 23.8. The molecule has 0 N–H and O–H groups in total. The Balaban J connectivity index is 1.29. The predicted octanol–water partition coefficient (Wildman–Crippen LogP) is 2.71. The summed E-state index contributed by atoms with van der Waals surface area (Å²) >= 11 is 0. The maximum atomic E-state index is 13.2. The Morgan fingerprint density at radius 2 is 1.94 bits per heavy atom. The van der Waals surface area contributed by atoms with Crippen LogP contribution in [0.5, 0.6) is 0 Å². The Morgan fingerprint density at radius 3 is 2.74 bits per heavy atom. The van der Waals surface area contributed by atoms with Gasteiger partial charge in [0.1, 0.15) is 12.1 Å². The third-order valence-corrected chi connectivity index (χ3v) is 7.02. The van der Waals surface area contributed by atoms with Gasteiger partial charge in [0.25, 0.3) is 0 Å². The van der Waals surface area contributed by atoms with E-state index in [-0.39, 0.29) is 30.3 Å². The van der Waals surface area contributed by atoms with Crippen molar-refractivity contribution in [3.8, 4) is 0 Å². The second kappa shape index (κ2) is 9.08. The van der Waals surface area contributed by atoms with E-state index in [2.05, 4.69) is 40.0 Å². The number of carbonyl (C=O) groups excluding carboxylic acids is 2. The van der Waals surface area contributed by atoms with Gasteiger partial charge < -0.3 is 19.3 Å². The molecule has 178 valence electrons. The van der Waals surface area contributed by atoms with Crippen molar-refractivity contribution in [1.82, 2.24) is 24.3 Å². The van der Waals surface area contributed by atoms with Gasteiger partial charge in [-0.1, -0.05) is 26.0 Å². The highest BCUT2D eigenvalue weighted by atomic mass is 16.2. The number of hydrogen-bond donors (Lipinski definition) is 0. The third-order valence-electron chi connectivity index (χ3n) is 7.02. The molecule has 2 aliphatic heterocycles. The largest absolute Gasteiger partial charge is 0.367 e. The van der Waals surface area contributed by atoms with Crippen LogP contribution in [0.25, 0.3) is 11.2 Å². The highest BCUT2D eigenvalue weighted by Gasteiger charge is 2.31. The molecule has 1 aromatic carbocycles. The summed E-state index contributed by atoms with van der Waals surface area (Å²) in [4.78, 5) is 40.9. The Morgan fingerprint density at radius 1 is 1.09 bits per heavy atom. The van der Waals surface area contributed by atoms with Crippen molar-refractivity contribution in [2.24, 2.45) is 5.92 Å². The van der Waals surface area contributed by atoms with Crippen LogP contribution in [0, 0.1) is 5.92 Å². The second-order valence-electron chi connectivity index (χ2n) is 9.68. The molecule has 8 heteroatoms. The smallest absolute Gasteiger partial charge is 0.242 e. The van der Waals surface area contributed by atoms with Crippen LogP contribution in [0.15, 0.2) is 42.9 Å². The summed E-state index contributed by atoms with van der Waals surface area (Å²) < 4.78 is 1.82. The molecule has 0 spiro atoms. The van der Waals surface area contributed by atoms with Gasteiger partial charge in [0.05, 0.1) is 6.33 Å². The molecule has 0 saturated carbocycles. The predicted molar refractivity (Wildman–Crippen MR) is 131 cm³/mol. The first-order valence-electron chi connectivity index (χ1n) is 12.1. The zero-order valence-electron chi connectivity index (χ0n) is 20.1. The van der Waals surface area contributed by atoms with Gasteiger partial charge >= 0.3 is 0 Å². The fourth-order valence-electron chi connectivity index (χ4n) is 5.21. The Hall–Kier alpha value is -3.42. The number of anilines is 1. The molecule has 0 radical (unpaired) electrons. The van der Waals surface area contributed by atoms with Gasteiger partial charge in [0.2, 0.25) is 11.8 Å². The van der Waals surface area contributed by atoms with Crippen LogP contribution in [0.1, 0.15) is 31.9 Å². The SMILES string of the molecule is CC(C)C(=O)N1CCc2cccc(N3CCN(C(=O)Cn4cnc5cccnc54)[C@H](C)C3)c2C1. The van der Waals surface area contributed by atoms with E-state index >= 15 is 0 Å². The van der Waals surface area contributed by atoms with E-state index in [9.17, 15) is 9.59 Å². The van der Waals surface area contributed by atoms with Crippen LogP contribution in [-0.4, -0.2) is 68.4 Å². The summed E-state index contributed by atoms with van der Waals surface area (Å²) in [5, 5.41) is 0. The number of rotatable bonds is 4. The normalized spacial score (nSPS) is 18.5. The lowest BCUT2D eigenvalue weighted by Crippen LogP contribution is -2.55. The summed E-state index contributed by atoms with van der Waals surface area (Å²) in [5.74, 6) is 0.303. The van der Waals surface area contributed by atoms with Crippen LogP contribution >= 0.6 is 0 Å². The molecular formula is C26H32N6O2. The molecule has 2 amide bonds. The molecule has 0 unspecified atom stereocenters. The maximum Gasteiger partial charge on any atom is 0.242 e. The number of pyridine rings is 1. The van der Waals surface area contributed by atoms with E-state index in [1.54, 1.807) is 12.5 Å². The topological polar surface area (TPSA) is 74.6 Å². The van der Waals surface area contributed by atoms with Crippen LogP contribution in [0.3, 0.4) is 0 Å². The number of imidazole rings is 1. The van der Waals surface area contributed by atoms with E-state index < -0.39 is 0 Å². The fourth-order valence-corrected chi connectivity index (χ4v) is 5.21. The number of nitrogens with zero attached hydrogens (tertiary/aromatic N) is 6. The molecule has 5 rings (SSSR count). The molecule has 2 aromatic heterocycles. The maximum absolute atomic E-state index is 13.2. The standard InChI is InChI=1S/C26H32N6O2/c1-18(2)26(34)30-11-9-20-6-4-8-23(21(20)15-30)29-12-13-32(19(3)14-29)24(33)16-31-17-28-22-7-5-10-27-25(22)31/h4-8,10,17-19H,9,11-16H2,1-3H3/t19-/m1/s1. The highest BCUT2D eigenvalue weighted by Crippen LogP contribution is 2.31. The first-order valence-corrected chi connectivity index (χ1v) is 12.1. The lowest BCUT2D eigenvalue weighted by molar-refractivity contribution is -0.135. The molecule has 34 heavy (non-hydrogen) atoms. The molecular weight excluding hydrogens is 428 g/mol. The molecule has 3 aromatic rings. The molecule has 1 fully saturated rings. The number of amides is 2. The Kier molecular flexibility index (Phi) is 5.98. The van der Waals surface area contributed by atoms with E-state index in [0.29, 0.717) is 13.1 Å².